The number of ether oxygens (including phenoxy) is 6. The van der Waals surface area contributed by atoms with Gasteiger partial charge in [0, 0.05) is 0 Å². The van der Waals surface area contributed by atoms with Gasteiger partial charge in [-0.15, -0.1) is 0 Å². The van der Waals surface area contributed by atoms with E-state index in [9.17, 15) is 5.11 Å². The summed E-state index contributed by atoms with van der Waals surface area (Å²) in [6.07, 6.45) is 6.30. The Morgan fingerprint density at radius 2 is 0.833 bits per heavy atom. The summed E-state index contributed by atoms with van der Waals surface area (Å²) in [5.74, 6) is 1.40. The zero-order chi connectivity index (χ0) is 53.3. The minimum Gasteiger partial charge on any atom is -0.491 e. The molecule has 0 amide bonds. The normalized spacial score (nSPS) is 18.8. The number of unbranched alkanes of at least 4 members (excludes halogenated alkanes) is 3. The van der Waals surface area contributed by atoms with Crippen LogP contribution in [0, 0.1) is 0 Å². The van der Waals surface area contributed by atoms with Crippen molar-refractivity contribution in [1.82, 2.24) is 0 Å². The van der Waals surface area contributed by atoms with Crippen LogP contribution in [0.15, 0.2) is 194 Å². The first-order valence-electron chi connectivity index (χ1n) is 28.5. The van der Waals surface area contributed by atoms with Gasteiger partial charge in [-0.25, -0.2) is 0 Å². The van der Waals surface area contributed by atoms with Crippen molar-refractivity contribution in [2.45, 2.75) is 113 Å². The highest BCUT2D eigenvalue weighted by molar-refractivity contribution is 5.87. The molecule has 0 aromatic heterocycles. The number of epoxide rings is 2. The molecule has 0 spiro atoms. The molecule has 7 heteroatoms. The van der Waals surface area contributed by atoms with E-state index in [-0.39, 0.29) is 18.8 Å². The molecule has 5 unspecified atom stereocenters. The Morgan fingerprint density at radius 3 is 1.26 bits per heavy atom. The first kappa shape index (κ1) is 51.9. The number of aliphatic hydroxyl groups excluding tert-OH is 1. The van der Waals surface area contributed by atoms with Gasteiger partial charge in [-0.1, -0.05) is 216 Å². The van der Waals surface area contributed by atoms with Crippen molar-refractivity contribution in [3.63, 3.8) is 0 Å². The van der Waals surface area contributed by atoms with Gasteiger partial charge in [0.15, 0.2) is 0 Å². The van der Waals surface area contributed by atoms with Crippen molar-refractivity contribution in [2.75, 3.05) is 33.0 Å². The van der Waals surface area contributed by atoms with Crippen molar-refractivity contribution < 1.29 is 33.5 Å². The molecule has 7 nitrogen and oxygen atoms in total. The summed E-state index contributed by atoms with van der Waals surface area (Å²) in [6, 6.07) is 70.3. The first-order chi connectivity index (χ1) is 38.2. The molecule has 2 saturated heterocycles. The molecule has 5 atom stereocenters. The minimum absolute atomic E-state index is 0.0124. The average Bonchev–Trinajstić information content (AvgIpc) is 4.23. The number of fused-ring (bicyclic) bond motifs is 6. The highest BCUT2D eigenvalue weighted by Gasteiger charge is 2.48. The molecule has 8 aromatic carbocycles. The molecular weight excluding hydrogens is 965 g/mol. The van der Waals surface area contributed by atoms with E-state index < -0.39 is 28.3 Å². The van der Waals surface area contributed by atoms with Crippen LogP contribution in [0.2, 0.25) is 0 Å². The molecule has 398 valence electrons. The van der Waals surface area contributed by atoms with Crippen LogP contribution in [0.1, 0.15) is 128 Å². The predicted molar refractivity (Wildman–Crippen MR) is 309 cm³/mol. The minimum atomic E-state index is -1.20. The van der Waals surface area contributed by atoms with Crippen molar-refractivity contribution in [3.8, 4) is 33.8 Å². The Labute approximate surface area is 461 Å². The van der Waals surface area contributed by atoms with Gasteiger partial charge in [0.1, 0.15) is 36.9 Å². The average molecular weight is 1040 g/mol. The molecular formula is C71H72O7. The third kappa shape index (κ3) is 9.58. The van der Waals surface area contributed by atoms with Gasteiger partial charge in [-0.2, -0.15) is 0 Å². The number of benzene rings is 8. The fourth-order valence-corrected chi connectivity index (χ4v) is 12.8. The Balaban J connectivity index is 0.810. The predicted octanol–water partition coefficient (Wildman–Crippen LogP) is 15.2. The van der Waals surface area contributed by atoms with Crippen LogP contribution in [0.3, 0.4) is 0 Å². The maximum absolute atomic E-state index is 11.7. The second kappa shape index (κ2) is 21.8. The van der Waals surface area contributed by atoms with Gasteiger partial charge in [-0.05, 0) is 129 Å². The van der Waals surface area contributed by atoms with Crippen LogP contribution < -0.4 is 9.47 Å². The molecule has 12 rings (SSSR count). The zero-order valence-corrected chi connectivity index (χ0v) is 45.6. The van der Waals surface area contributed by atoms with E-state index in [1.165, 1.54) is 73.2 Å². The Morgan fingerprint density at radius 1 is 0.462 bits per heavy atom. The van der Waals surface area contributed by atoms with Crippen molar-refractivity contribution >= 4 is 0 Å². The molecule has 2 fully saturated rings. The van der Waals surface area contributed by atoms with E-state index in [1.54, 1.807) is 0 Å². The molecule has 78 heavy (non-hydrogen) atoms. The van der Waals surface area contributed by atoms with Gasteiger partial charge in [0.05, 0.1) is 41.9 Å². The molecule has 0 bridgehead atoms. The molecule has 4 aliphatic rings. The Hall–Kier alpha value is -6.84. The van der Waals surface area contributed by atoms with Gasteiger partial charge in [-0.3, -0.25) is 0 Å². The summed E-state index contributed by atoms with van der Waals surface area (Å²) in [4.78, 5) is 0. The molecule has 0 saturated carbocycles. The van der Waals surface area contributed by atoms with Crippen molar-refractivity contribution in [3.05, 3.63) is 250 Å². The summed E-state index contributed by atoms with van der Waals surface area (Å²) in [5, 5.41) is 11.7. The van der Waals surface area contributed by atoms with Crippen LogP contribution >= 0.6 is 0 Å². The molecule has 2 aliphatic heterocycles. The highest BCUT2D eigenvalue weighted by Crippen LogP contribution is 2.58. The van der Waals surface area contributed by atoms with Crippen LogP contribution in [0.5, 0.6) is 11.5 Å². The lowest BCUT2D eigenvalue weighted by molar-refractivity contribution is -0.134. The fraction of sp³-hybridized carbons (Fsp3) is 0.324. The van der Waals surface area contributed by atoms with Gasteiger partial charge in [0.25, 0.3) is 0 Å². The second-order valence-corrected chi connectivity index (χ2v) is 22.3. The monoisotopic (exact) mass is 1040 g/mol. The summed E-state index contributed by atoms with van der Waals surface area (Å²) in [5.41, 5.74) is 14.5. The van der Waals surface area contributed by atoms with Crippen molar-refractivity contribution in [2.24, 2.45) is 0 Å². The van der Waals surface area contributed by atoms with E-state index in [0.29, 0.717) is 19.0 Å². The standard InChI is InChI=1S/C71H72O7/c1-5-7-17-43-69(4,76-47-58-46-75-58)50-28-32-52(33-29-50)71(65-24-15-11-20-61(65)62-21-12-16-25-66(62)71)54-36-40-56(41-37-54)78-67(72)48-77-68(3,42-8-6-2)49-26-30-51(31-27-49)70(53-34-38-55(39-35-53)73-44-57-45-74-57)63-22-13-9-18-59(63)60-19-10-14-23-64(60)70/h9-16,18-41,57-58,67,72H,5-8,17,42-48H2,1-4H3. The smallest absolute Gasteiger partial charge is 0.221 e. The number of aliphatic hydroxyl groups is 1. The highest BCUT2D eigenvalue weighted by atomic mass is 16.6. The molecule has 2 heterocycles. The lowest BCUT2D eigenvalue weighted by Crippen LogP contribution is -2.33. The third-order valence-electron chi connectivity index (χ3n) is 17.2. The Bertz CT molecular complexity index is 3250. The topological polar surface area (TPSA) is 82.2 Å². The molecule has 1 N–H and O–H groups in total. The summed E-state index contributed by atoms with van der Waals surface area (Å²) < 4.78 is 36.9. The molecule has 2 aliphatic carbocycles. The first-order valence-corrected chi connectivity index (χ1v) is 28.5. The Kier molecular flexibility index (Phi) is 14.5. The zero-order valence-electron chi connectivity index (χ0n) is 45.6. The number of rotatable bonds is 24. The quantitative estimate of drug-likeness (QED) is 0.0367. The molecule has 8 aromatic rings. The van der Waals surface area contributed by atoms with E-state index >= 15 is 0 Å². The van der Waals surface area contributed by atoms with Gasteiger partial charge in [0.2, 0.25) is 6.29 Å². The summed E-state index contributed by atoms with van der Waals surface area (Å²) >= 11 is 0. The number of hydrogen-bond acceptors (Lipinski definition) is 7. The maximum Gasteiger partial charge on any atom is 0.221 e. The van der Waals surface area contributed by atoms with Crippen LogP contribution in [0.25, 0.3) is 22.3 Å². The van der Waals surface area contributed by atoms with Crippen LogP contribution in [-0.4, -0.2) is 56.6 Å². The van der Waals surface area contributed by atoms with E-state index in [2.05, 4.69) is 210 Å². The van der Waals surface area contributed by atoms with Gasteiger partial charge >= 0.3 is 0 Å². The van der Waals surface area contributed by atoms with Crippen molar-refractivity contribution in [1.29, 1.82) is 0 Å². The van der Waals surface area contributed by atoms with Gasteiger partial charge < -0.3 is 33.5 Å². The SMILES string of the molecule is CCCCCC(C)(OCC1CO1)c1ccc(C2(c3ccc(OC(O)COC(C)(CCCC)c4ccc(C5(c6ccc(OCC7CO7)cc6)c6ccccc6-c6ccccc65)cc4)cc3)c3ccccc3-c3ccccc32)cc1. The summed E-state index contributed by atoms with van der Waals surface area (Å²) in [6.45, 7) is 11.5. The van der Waals surface area contributed by atoms with Crippen LogP contribution in [0.4, 0.5) is 0 Å². The van der Waals surface area contributed by atoms with E-state index in [4.69, 9.17) is 28.4 Å². The lowest BCUT2D eigenvalue weighted by Gasteiger charge is -2.36. The third-order valence-corrected chi connectivity index (χ3v) is 17.2. The van der Waals surface area contributed by atoms with E-state index in [0.717, 1.165) is 68.6 Å². The fourth-order valence-electron chi connectivity index (χ4n) is 12.8. The largest absolute Gasteiger partial charge is 0.491 e. The lowest BCUT2D eigenvalue weighted by atomic mass is 9.67. The van der Waals surface area contributed by atoms with E-state index in [1.807, 2.05) is 12.1 Å². The summed E-state index contributed by atoms with van der Waals surface area (Å²) in [7, 11) is 0. The molecule has 0 radical (unpaired) electrons. The maximum atomic E-state index is 11.7. The van der Waals surface area contributed by atoms with Crippen LogP contribution in [-0.2, 0) is 41.0 Å². The number of hydrogen-bond donors (Lipinski definition) is 1. The second-order valence-electron chi connectivity index (χ2n) is 22.3.